The van der Waals surface area contributed by atoms with Crippen LogP contribution in [0.2, 0.25) is 0 Å². The first-order valence-electron chi connectivity index (χ1n) is 9.25. The molecule has 0 amide bonds. The number of para-hydroxylation sites is 1. The summed E-state index contributed by atoms with van der Waals surface area (Å²) in [5.41, 5.74) is -0.710. The molecule has 3 unspecified atom stereocenters. The van der Waals surface area contributed by atoms with Crippen LogP contribution in [-0.4, -0.2) is 53.4 Å². The molecule has 2 rings (SSSR count). The Balaban J connectivity index is 1.86. The van der Waals surface area contributed by atoms with E-state index in [0.29, 0.717) is 19.0 Å². The van der Waals surface area contributed by atoms with Crippen LogP contribution in [0.1, 0.15) is 33.6 Å². The summed E-state index contributed by atoms with van der Waals surface area (Å²) in [7, 11) is 0. The molecule has 0 saturated heterocycles. The Morgan fingerprint density at radius 1 is 1.42 bits per heavy atom. The van der Waals surface area contributed by atoms with Crippen molar-refractivity contribution < 1.29 is 14.2 Å². The normalized spacial score (nSPS) is 23.9. The molecule has 5 nitrogen and oxygen atoms in total. The van der Waals surface area contributed by atoms with Crippen LogP contribution in [-0.2, 0) is 0 Å². The molecule has 1 aliphatic rings. The summed E-state index contributed by atoms with van der Waals surface area (Å²) in [5.74, 6) is 1.51. The molecule has 0 heterocycles. The first kappa shape index (κ1) is 20.8. The maximum absolute atomic E-state index is 13.7. The van der Waals surface area contributed by atoms with E-state index in [-0.39, 0.29) is 22.9 Å². The van der Waals surface area contributed by atoms with Crippen molar-refractivity contribution in [2.24, 2.45) is 4.99 Å². The Morgan fingerprint density at radius 2 is 2.19 bits per heavy atom. The van der Waals surface area contributed by atoms with Gasteiger partial charge in [-0.1, -0.05) is 19.1 Å². The summed E-state index contributed by atoms with van der Waals surface area (Å²) in [5, 5.41) is 17.3. The molecule has 1 saturated carbocycles. The number of guanidine groups is 1. The van der Waals surface area contributed by atoms with Crippen molar-refractivity contribution in [3.63, 3.8) is 0 Å². The summed E-state index contributed by atoms with van der Waals surface area (Å²) in [4.78, 5) is 4.54. The highest BCUT2D eigenvalue weighted by molar-refractivity contribution is 8.00. The minimum atomic E-state index is -0.710. The Hall–Kier alpha value is -1.47. The van der Waals surface area contributed by atoms with E-state index in [2.05, 4.69) is 22.5 Å². The van der Waals surface area contributed by atoms with E-state index in [1.54, 1.807) is 30.0 Å². The Morgan fingerprint density at radius 3 is 2.81 bits per heavy atom. The van der Waals surface area contributed by atoms with Gasteiger partial charge in [-0.2, -0.15) is 11.8 Å². The quantitative estimate of drug-likeness (QED) is 0.452. The van der Waals surface area contributed by atoms with Crippen molar-refractivity contribution in [1.29, 1.82) is 0 Å². The number of hydrogen-bond donors (Lipinski definition) is 3. The van der Waals surface area contributed by atoms with E-state index in [9.17, 15) is 9.50 Å². The minimum absolute atomic E-state index is 0.231. The van der Waals surface area contributed by atoms with Crippen LogP contribution < -0.4 is 15.4 Å². The van der Waals surface area contributed by atoms with Crippen LogP contribution in [0.4, 0.5) is 4.39 Å². The van der Waals surface area contributed by atoms with Crippen LogP contribution >= 0.6 is 11.8 Å². The highest BCUT2D eigenvalue weighted by Gasteiger charge is 2.45. The molecule has 26 heavy (non-hydrogen) atoms. The first-order valence-corrected chi connectivity index (χ1v) is 10.3. The molecule has 3 N–H and O–H groups in total. The average Bonchev–Trinajstić information content (AvgIpc) is 2.62. The number of aliphatic imine (C=N–C) groups is 1. The Bertz CT molecular complexity index is 602. The third-order valence-electron chi connectivity index (χ3n) is 4.38. The molecule has 0 radical (unpaired) electrons. The molecule has 1 aliphatic carbocycles. The molecule has 1 aromatic rings. The Labute approximate surface area is 159 Å². The van der Waals surface area contributed by atoms with Gasteiger partial charge in [0.25, 0.3) is 0 Å². The largest absolute Gasteiger partial charge is 0.486 e. The fraction of sp³-hybridized carbons (Fsp3) is 0.632. The van der Waals surface area contributed by atoms with E-state index >= 15 is 0 Å². The van der Waals surface area contributed by atoms with Gasteiger partial charge in [-0.15, -0.1) is 0 Å². The van der Waals surface area contributed by atoms with E-state index < -0.39 is 5.60 Å². The van der Waals surface area contributed by atoms with Crippen LogP contribution in [0, 0.1) is 5.82 Å². The highest BCUT2D eigenvalue weighted by atomic mass is 32.2. The lowest BCUT2D eigenvalue weighted by molar-refractivity contribution is -0.0154. The lowest BCUT2D eigenvalue weighted by Gasteiger charge is -2.44. The van der Waals surface area contributed by atoms with Crippen LogP contribution in [0.15, 0.2) is 29.3 Å². The molecule has 1 aromatic carbocycles. The van der Waals surface area contributed by atoms with Gasteiger partial charge in [-0.3, -0.25) is 4.99 Å². The average molecular weight is 384 g/mol. The highest BCUT2D eigenvalue weighted by Crippen LogP contribution is 2.41. The monoisotopic (exact) mass is 383 g/mol. The van der Waals surface area contributed by atoms with Crippen molar-refractivity contribution in [3.8, 4) is 5.75 Å². The number of nitrogens with zero attached hydrogens (tertiary/aromatic N) is 1. The van der Waals surface area contributed by atoms with Gasteiger partial charge in [0.15, 0.2) is 17.5 Å². The van der Waals surface area contributed by atoms with Crippen LogP contribution in [0.3, 0.4) is 0 Å². The fourth-order valence-corrected chi connectivity index (χ4v) is 4.00. The molecule has 3 atom stereocenters. The second-order valence-electron chi connectivity index (χ2n) is 6.52. The van der Waals surface area contributed by atoms with Gasteiger partial charge >= 0.3 is 0 Å². The van der Waals surface area contributed by atoms with Gasteiger partial charge in [-0.05, 0) is 44.6 Å². The first-order chi connectivity index (χ1) is 12.5. The van der Waals surface area contributed by atoms with Crippen molar-refractivity contribution >= 4 is 17.7 Å². The standard InChI is InChI=1S/C19H30FN3O2S/c1-4-21-18(23-13-19(24)11-10-17(19)26-5-2)22-12-14(3)25-16-9-7-6-8-15(16)20/h6-9,14,17,24H,4-5,10-13H2,1-3H3,(H2,21,22,23). The third-order valence-corrected chi connectivity index (χ3v) is 5.79. The second kappa shape index (κ2) is 10.0. The predicted octanol–water partition coefficient (Wildman–Crippen LogP) is 2.79. The zero-order valence-corrected chi connectivity index (χ0v) is 16.6. The third kappa shape index (κ3) is 5.77. The molecule has 1 fully saturated rings. The molecule has 0 aromatic heterocycles. The summed E-state index contributed by atoms with van der Waals surface area (Å²) in [6.07, 6.45) is 1.61. The minimum Gasteiger partial charge on any atom is -0.486 e. The van der Waals surface area contributed by atoms with Crippen molar-refractivity contribution in [2.75, 3.05) is 25.4 Å². The van der Waals surface area contributed by atoms with Crippen LogP contribution in [0.25, 0.3) is 0 Å². The molecular formula is C19H30FN3O2S. The lowest BCUT2D eigenvalue weighted by Crippen LogP contribution is -2.53. The maximum Gasteiger partial charge on any atom is 0.191 e. The number of ether oxygens (including phenoxy) is 1. The van der Waals surface area contributed by atoms with Crippen molar-refractivity contribution in [1.82, 2.24) is 10.6 Å². The zero-order chi connectivity index (χ0) is 19.0. The topological polar surface area (TPSA) is 65.9 Å². The Kier molecular flexibility index (Phi) is 8.03. The van der Waals surface area contributed by atoms with Gasteiger partial charge in [-0.25, -0.2) is 4.39 Å². The predicted molar refractivity (Wildman–Crippen MR) is 107 cm³/mol. The number of thioether (sulfide) groups is 1. The molecule has 7 heteroatoms. The van der Waals surface area contributed by atoms with E-state index in [1.807, 2.05) is 13.8 Å². The van der Waals surface area contributed by atoms with E-state index in [4.69, 9.17) is 4.74 Å². The number of nitrogens with one attached hydrogen (secondary N) is 2. The van der Waals surface area contributed by atoms with Crippen LogP contribution in [0.5, 0.6) is 5.75 Å². The summed E-state index contributed by atoms with van der Waals surface area (Å²) < 4.78 is 19.3. The van der Waals surface area contributed by atoms with Gasteiger partial charge < -0.3 is 20.5 Å². The lowest BCUT2D eigenvalue weighted by atomic mass is 9.79. The summed E-state index contributed by atoms with van der Waals surface area (Å²) in [6.45, 7) is 7.55. The molecule has 0 spiro atoms. The van der Waals surface area contributed by atoms with Gasteiger partial charge in [0.05, 0.1) is 18.7 Å². The van der Waals surface area contributed by atoms with Gasteiger partial charge in [0, 0.05) is 11.8 Å². The smallest absolute Gasteiger partial charge is 0.191 e. The number of benzene rings is 1. The van der Waals surface area contributed by atoms with Gasteiger partial charge in [0.1, 0.15) is 6.10 Å². The summed E-state index contributed by atoms with van der Waals surface area (Å²) in [6, 6.07) is 6.37. The number of rotatable bonds is 9. The number of halogens is 1. The molecule has 0 aliphatic heterocycles. The van der Waals surface area contributed by atoms with Crippen molar-refractivity contribution in [3.05, 3.63) is 30.1 Å². The number of hydrogen-bond acceptors (Lipinski definition) is 4. The van der Waals surface area contributed by atoms with E-state index in [1.165, 1.54) is 6.07 Å². The maximum atomic E-state index is 13.7. The van der Waals surface area contributed by atoms with Crippen molar-refractivity contribution in [2.45, 2.75) is 50.6 Å². The molecule has 146 valence electrons. The van der Waals surface area contributed by atoms with Gasteiger partial charge in [0.2, 0.25) is 0 Å². The zero-order valence-electron chi connectivity index (χ0n) is 15.8. The molecular weight excluding hydrogens is 353 g/mol. The summed E-state index contributed by atoms with van der Waals surface area (Å²) >= 11 is 1.80. The molecule has 0 bridgehead atoms. The van der Waals surface area contributed by atoms with E-state index in [0.717, 1.165) is 25.1 Å². The number of aliphatic hydroxyl groups is 1. The second-order valence-corrected chi connectivity index (χ2v) is 8.00. The SMILES string of the molecule is CCNC(=NCC1(O)CCC1SCC)NCC(C)Oc1ccccc1F. The fourth-order valence-electron chi connectivity index (χ4n) is 2.81.